The molecule has 1 aromatic carbocycles. The van der Waals surface area contributed by atoms with Crippen LogP contribution in [0.2, 0.25) is 0 Å². The number of rotatable bonds is 0. The van der Waals surface area contributed by atoms with Crippen LogP contribution in [0.1, 0.15) is 5.56 Å². The van der Waals surface area contributed by atoms with Gasteiger partial charge in [0.2, 0.25) is 0 Å². The Hall–Kier alpha value is 0.266. The van der Waals surface area contributed by atoms with Gasteiger partial charge in [0.25, 0.3) is 0 Å². The van der Waals surface area contributed by atoms with Gasteiger partial charge in [0.15, 0.2) is 0 Å². The fourth-order valence-electron chi connectivity index (χ4n) is 0.538. The minimum absolute atomic E-state index is 0. The summed E-state index contributed by atoms with van der Waals surface area (Å²) < 4.78 is 0. The van der Waals surface area contributed by atoms with Gasteiger partial charge >= 0.3 is 23.1 Å². The van der Waals surface area contributed by atoms with Gasteiger partial charge in [-0.15, -0.1) is 5.75 Å². The van der Waals surface area contributed by atoms with Crippen LogP contribution in [0.5, 0.6) is 5.75 Å². The van der Waals surface area contributed by atoms with Crippen molar-refractivity contribution >= 4 is 23.1 Å². The van der Waals surface area contributed by atoms with Crippen molar-refractivity contribution in [3.63, 3.8) is 0 Å². The van der Waals surface area contributed by atoms with Crippen molar-refractivity contribution in [2.75, 3.05) is 0 Å². The third kappa shape index (κ3) is 4.14. The molecule has 0 amide bonds. The molecule has 0 saturated carbocycles. The van der Waals surface area contributed by atoms with Gasteiger partial charge in [-0.05, 0) is 6.92 Å². The number of benzene rings is 1. The van der Waals surface area contributed by atoms with Crippen molar-refractivity contribution in [2.24, 2.45) is 0 Å². The molecule has 3 heteroatoms. The zero-order valence-corrected chi connectivity index (χ0v) is 8.80. The Balaban J connectivity index is 0. The van der Waals surface area contributed by atoms with Crippen LogP contribution in [0.3, 0.4) is 0 Å². The molecule has 0 aliphatic heterocycles. The first-order valence-corrected chi connectivity index (χ1v) is 2.53. The molecule has 1 aromatic rings. The quantitative estimate of drug-likeness (QED) is 0.442. The summed E-state index contributed by atoms with van der Waals surface area (Å²) in [6, 6.07) is 6.75. The average molecular weight is 211 g/mol. The van der Waals surface area contributed by atoms with Crippen LogP contribution in [-0.2, 0) is 0 Å². The number of hydrogen-bond donors (Lipinski definition) is 0. The topological polar surface area (TPSA) is 23.1 Å². The summed E-state index contributed by atoms with van der Waals surface area (Å²) in [5.41, 5.74) is 1.13. The van der Waals surface area contributed by atoms with Crippen LogP contribution >= 0.6 is 0 Å². The van der Waals surface area contributed by atoms with Crippen LogP contribution in [0, 0.1) is 6.92 Å². The maximum absolute atomic E-state index is 10.4. The largest absolute Gasteiger partial charge is 2.00 e. The second kappa shape index (κ2) is 6.01. The molecule has 0 radical (unpaired) electrons. The summed E-state index contributed by atoms with van der Waals surface area (Å²) in [5, 5.41) is 10.4. The number of hydrogen-bond acceptors (Lipinski definition) is 1. The van der Waals surface area contributed by atoms with Crippen molar-refractivity contribution < 1.29 is 22.1 Å². The van der Waals surface area contributed by atoms with Crippen LogP contribution < -0.4 is 22.1 Å². The van der Waals surface area contributed by atoms with Crippen molar-refractivity contribution in [2.45, 2.75) is 6.92 Å². The third-order valence-electron chi connectivity index (χ3n) is 1.02. The molecule has 0 atom stereocenters. The van der Waals surface area contributed by atoms with Gasteiger partial charge in [-0.25, -0.2) is 0 Å². The second-order valence-electron chi connectivity index (χ2n) is 1.81. The molecule has 1 rings (SSSR count). The Labute approximate surface area is 87.4 Å². The van der Waals surface area contributed by atoms with Crippen molar-refractivity contribution in [1.82, 2.24) is 0 Å². The molecule has 0 aliphatic rings. The van der Waals surface area contributed by atoms with E-state index in [9.17, 15) is 5.11 Å². The normalized spacial score (nSPS) is 7.30. The molecule has 0 bridgehead atoms. The molecule has 1 nitrogen and oxygen atoms in total. The zero-order chi connectivity index (χ0) is 5.98. The molecule has 0 aromatic heterocycles. The third-order valence-corrected chi connectivity index (χ3v) is 1.02. The van der Waals surface area contributed by atoms with E-state index in [4.69, 9.17) is 0 Å². The van der Waals surface area contributed by atoms with Gasteiger partial charge in [-0.2, -0.15) is 0 Å². The molecular formula is C7H7BrMgO. The van der Waals surface area contributed by atoms with Gasteiger partial charge < -0.3 is 22.1 Å². The molecule has 0 spiro atoms. The summed E-state index contributed by atoms with van der Waals surface area (Å²) in [7, 11) is 0. The standard InChI is InChI=1S/C7H8O.BrH.Mg/c1-6-2-4-7(8)5-3-6;;/h2-5,8H,1H3;1H;/q;;+2/p-2. The molecule has 0 heterocycles. The summed E-state index contributed by atoms with van der Waals surface area (Å²) in [6.45, 7) is 1.96. The van der Waals surface area contributed by atoms with Crippen LogP contribution in [0.15, 0.2) is 24.3 Å². The molecule has 10 heavy (non-hydrogen) atoms. The first-order valence-electron chi connectivity index (χ1n) is 2.53. The fraction of sp³-hybridized carbons (Fsp3) is 0.143. The second-order valence-corrected chi connectivity index (χ2v) is 1.81. The van der Waals surface area contributed by atoms with E-state index in [2.05, 4.69) is 0 Å². The Morgan fingerprint density at radius 3 is 1.80 bits per heavy atom. The van der Waals surface area contributed by atoms with Gasteiger partial charge in [-0.1, -0.05) is 29.8 Å². The summed E-state index contributed by atoms with van der Waals surface area (Å²) in [5.74, 6) is 0.0793. The molecular weight excluding hydrogens is 204 g/mol. The summed E-state index contributed by atoms with van der Waals surface area (Å²) >= 11 is 0. The Bertz CT molecular complexity index is 152. The monoisotopic (exact) mass is 210 g/mol. The van der Waals surface area contributed by atoms with Gasteiger partial charge in [0, 0.05) is 0 Å². The van der Waals surface area contributed by atoms with Gasteiger partial charge in [0.1, 0.15) is 0 Å². The van der Waals surface area contributed by atoms with Gasteiger partial charge in [0.05, 0.1) is 0 Å². The maximum Gasteiger partial charge on any atom is 2.00 e. The first-order chi connectivity index (χ1) is 3.79. The smallest absolute Gasteiger partial charge is 1.00 e. The van der Waals surface area contributed by atoms with Crippen molar-refractivity contribution in [3.8, 4) is 5.75 Å². The predicted octanol–water partition coefficient (Wildman–Crippen LogP) is -2.31. The molecule has 0 aliphatic carbocycles. The summed E-state index contributed by atoms with van der Waals surface area (Å²) in [6.07, 6.45) is 0. The van der Waals surface area contributed by atoms with Crippen LogP contribution in [0.25, 0.3) is 0 Å². The van der Waals surface area contributed by atoms with Gasteiger partial charge in [-0.3, -0.25) is 0 Å². The molecule has 0 unspecified atom stereocenters. The number of aryl methyl sites for hydroxylation is 1. The minimum atomic E-state index is 0. The maximum atomic E-state index is 10.4. The average Bonchev–Trinajstić information content (AvgIpc) is 1.77. The van der Waals surface area contributed by atoms with Crippen LogP contribution in [-0.4, -0.2) is 23.1 Å². The van der Waals surface area contributed by atoms with E-state index >= 15 is 0 Å². The van der Waals surface area contributed by atoms with E-state index in [1.807, 2.05) is 19.1 Å². The first kappa shape index (κ1) is 12.9. The van der Waals surface area contributed by atoms with E-state index < -0.39 is 0 Å². The van der Waals surface area contributed by atoms with Crippen molar-refractivity contribution in [3.05, 3.63) is 29.8 Å². The number of halogens is 1. The van der Waals surface area contributed by atoms with E-state index in [0.29, 0.717) is 0 Å². The molecule has 0 saturated heterocycles. The Morgan fingerprint density at radius 1 is 1.10 bits per heavy atom. The summed E-state index contributed by atoms with van der Waals surface area (Å²) in [4.78, 5) is 0. The van der Waals surface area contributed by atoms with E-state index in [1.165, 1.54) is 0 Å². The predicted molar refractivity (Wildman–Crippen MR) is 36.4 cm³/mol. The van der Waals surface area contributed by atoms with E-state index in [-0.39, 0.29) is 45.8 Å². The molecule has 0 N–H and O–H groups in total. The minimum Gasteiger partial charge on any atom is -1.00 e. The SMILES string of the molecule is Cc1ccc([O-])cc1.[Br-].[Mg+2]. The van der Waals surface area contributed by atoms with Crippen molar-refractivity contribution in [1.29, 1.82) is 0 Å². The van der Waals surface area contributed by atoms with E-state index in [1.54, 1.807) is 12.1 Å². The van der Waals surface area contributed by atoms with Crippen LogP contribution in [0.4, 0.5) is 0 Å². The Morgan fingerprint density at radius 2 is 1.50 bits per heavy atom. The Kier molecular flexibility index (Phi) is 7.75. The van der Waals surface area contributed by atoms with E-state index in [0.717, 1.165) is 5.56 Å². The molecule has 0 fully saturated rings. The zero-order valence-electron chi connectivity index (χ0n) is 5.80. The fourth-order valence-corrected chi connectivity index (χ4v) is 0.538. The molecule has 50 valence electrons.